The Morgan fingerprint density at radius 2 is 2.21 bits per heavy atom. The summed E-state index contributed by atoms with van der Waals surface area (Å²) in [5, 5.41) is 11.7. The zero-order valence-electron chi connectivity index (χ0n) is 11.4. The van der Waals surface area contributed by atoms with E-state index in [0.717, 1.165) is 6.20 Å². The Morgan fingerprint density at radius 3 is 2.84 bits per heavy atom. The van der Waals surface area contributed by atoms with Crippen molar-refractivity contribution in [3.8, 4) is 0 Å². The molecule has 1 aromatic heterocycles. The van der Waals surface area contributed by atoms with Crippen molar-refractivity contribution >= 4 is 5.91 Å². The van der Waals surface area contributed by atoms with Crippen LogP contribution >= 0.6 is 0 Å². The number of aliphatic hydroxyl groups excluding tert-OH is 1. The van der Waals surface area contributed by atoms with Gasteiger partial charge < -0.3 is 10.4 Å². The predicted molar refractivity (Wildman–Crippen MR) is 71.0 cm³/mol. The van der Waals surface area contributed by atoms with Gasteiger partial charge in [-0.1, -0.05) is 13.8 Å². The molecule has 5 heteroatoms. The number of halogens is 1. The Labute approximate surface area is 113 Å². The van der Waals surface area contributed by atoms with Gasteiger partial charge in [0.25, 0.3) is 0 Å². The van der Waals surface area contributed by atoms with Crippen LogP contribution in [0, 0.1) is 11.2 Å². The lowest BCUT2D eigenvalue weighted by atomic mass is 9.90. The molecular weight excluding hydrogens is 247 g/mol. The molecule has 106 valence electrons. The number of hydrogen-bond donors (Lipinski definition) is 2. The van der Waals surface area contributed by atoms with E-state index in [4.69, 9.17) is 5.11 Å². The summed E-state index contributed by atoms with van der Waals surface area (Å²) in [6.07, 6.45) is 4.12. The molecule has 0 saturated heterocycles. The Bertz CT molecular complexity index is 422. The van der Waals surface area contributed by atoms with Crippen molar-refractivity contribution in [2.24, 2.45) is 5.41 Å². The number of carbonyl (C=O) groups is 1. The fourth-order valence-corrected chi connectivity index (χ4v) is 1.67. The number of carbonyl (C=O) groups excluding carboxylic acids is 1. The van der Waals surface area contributed by atoms with Gasteiger partial charge in [0, 0.05) is 25.8 Å². The molecule has 1 aromatic rings. The minimum atomic E-state index is -0.387. The normalized spacial score (nSPS) is 11.4. The summed E-state index contributed by atoms with van der Waals surface area (Å²) in [7, 11) is 0. The van der Waals surface area contributed by atoms with Crippen LogP contribution in [0.3, 0.4) is 0 Å². The second-order valence-corrected chi connectivity index (χ2v) is 5.43. The van der Waals surface area contributed by atoms with Gasteiger partial charge in [0.15, 0.2) is 0 Å². The minimum absolute atomic E-state index is 0.0738. The van der Waals surface area contributed by atoms with Gasteiger partial charge in [-0.3, -0.25) is 9.78 Å². The van der Waals surface area contributed by atoms with E-state index in [1.54, 1.807) is 6.20 Å². The molecule has 0 bridgehead atoms. The van der Waals surface area contributed by atoms with E-state index in [9.17, 15) is 9.18 Å². The molecule has 0 aliphatic carbocycles. The third-order valence-electron chi connectivity index (χ3n) is 2.95. The van der Waals surface area contributed by atoms with Crippen molar-refractivity contribution < 1.29 is 14.3 Å². The average molecular weight is 268 g/mol. The highest BCUT2D eigenvalue weighted by Gasteiger charge is 2.17. The van der Waals surface area contributed by atoms with Crippen LogP contribution in [0.1, 0.15) is 32.3 Å². The van der Waals surface area contributed by atoms with Crippen molar-refractivity contribution in [1.29, 1.82) is 0 Å². The van der Waals surface area contributed by atoms with Crippen molar-refractivity contribution in [1.82, 2.24) is 10.3 Å². The standard InChI is InChI=1S/C14H21FN2O2/c1-14(2,5-6-18)10-17-13(19)4-3-11-7-12(15)9-16-8-11/h7-9,18H,3-6,10H2,1-2H3,(H,17,19). The summed E-state index contributed by atoms with van der Waals surface area (Å²) >= 11 is 0. The van der Waals surface area contributed by atoms with Gasteiger partial charge in [-0.25, -0.2) is 4.39 Å². The predicted octanol–water partition coefficient (Wildman–Crippen LogP) is 1.68. The van der Waals surface area contributed by atoms with E-state index in [-0.39, 0.29) is 23.7 Å². The van der Waals surface area contributed by atoms with Gasteiger partial charge in [0.05, 0.1) is 6.20 Å². The molecule has 2 N–H and O–H groups in total. The molecule has 0 atom stereocenters. The van der Waals surface area contributed by atoms with Crippen LogP contribution in [0.15, 0.2) is 18.5 Å². The first-order chi connectivity index (χ1) is 8.93. The number of nitrogens with zero attached hydrogens (tertiary/aromatic N) is 1. The summed E-state index contributed by atoms with van der Waals surface area (Å²) < 4.78 is 12.9. The first-order valence-corrected chi connectivity index (χ1v) is 6.40. The van der Waals surface area contributed by atoms with Crippen molar-refractivity contribution in [3.63, 3.8) is 0 Å². The summed E-state index contributed by atoms with van der Waals surface area (Å²) in [5.41, 5.74) is 0.593. The molecule has 0 fully saturated rings. The smallest absolute Gasteiger partial charge is 0.220 e. The zero-order chi connectivity index (χ0) is 14.3. The van der Waals surface area contributed by atoms with E-state index in [2.05, 4.69) is 10.3 Å². The van der Waals surface area contributed by atoms with E-state index >= 15 is 0 Å². The third-order valence-corrected chi connectivity index (χ3v) is 2.95. The summed E-state index contributed by atoms with van der Waals surface area (Å²) in [4.78, 5) is 15.4. The lowest BCUT2D eigenvalue weighted by Crippen LogP contribution is -2.34. The molecule has 0 spiro atoms. The molecule has 0 radical (unpaired) electrons. The first kappa shape index (κ1) is 15.6. The number of aromatic nitrogens is 1. The van der Waals surface area contributed by atoms with Crippen LogP contribution < -0.4 is 5.32 Å². The van der Waals surface area contributed by atoms with Gasteiger partial charge in [-0.2, -0.15) is 0 Å². The molecule has 0 unspecified atom stereocenters. The number of hydrogen-bond acceptors (Lipinski definition) is 3. The fraction of sp³-hybridized carbons (Fsp3) is 0.571. The van der Waals surface area contributed by atoms with E-state index < -0.39 is 0 Å². The molecular formula is C14H21FN2O2. The largest absolute Gasteiger partial charge is 0.396 e. The molecule has 0 aliphatic rings. The van der Waals surface area contributed by atoms with Crippen molar-refractivity contribution in [2.45, 2.75) is 33.1 Å². The van der Waals surface area contributed by atoms with Gasteiger partial charge >= 0.3 is 0 Å². The van der Waals surface area contributed by atoms with Gasteiger partial charge in [0.1, 0.15) is 5.82 Å². The molecule has 0 saturated carbocycles. The van der Waals surface area contributed by atoms with Crippen LogP contribution in [-0.4, -0.2) is 29.1 Å². The SMILES string of the molecule is CC(C)(CCO)CNC(=O)CCc1cncc(F)c1. The molecule has 1 rings (SSSR count). The van der Waals surface area contributed by atoms with E-state index in [1.165, 1.54) is 6.07 Å². The maximum atomic E-state index is 12.9. The number of rotatable bonds is 7. The highest BCUT2D eigenvalue weighted by molar-refractivity contribution is 5.76. The minimum Gasteiger partial charge on any atom is -0.396 e. The molecule has 0 aromatic carbocycles. The average Bonchev–Trinajstić information content (AvgIpc) is 2.34. The molecule has 1 heterocycles. The van der Waals surface area contributed by atoms with Crippen molar-refractivity contribution in [3.05, 3.63) is 29.8 Å². The quantitative estimate of drug-likeness (QED) is 0.791. The lowest BCUT2D eigenvalue weighted by molar-refractivity contribution is -0.121. The van der Waals surface area contributed by atoms with Gasteiger partial charge in [0.2, 0.25) is 5.91 Å². The van der Waals surface area contributed by atoms with Crippen LogP contribution in [0.2, 0.25) is 0 Å². The maximum absolute atomic E-state index is 12.9. The second-order valence-electron chi connectivity index (χ2n) is 5.43. The Kier molecular flexibility index (Phi) is 5.89. The third kappa shape index (κ3) is 6.29. The van der Waals surface area contributed by atoms with Gasteiger partial charge in [-0.15, -0.1) is 0 Å². The number of nitrogens with one attached hydrogen (secondary N) is 1. The zero-order valence-corrected chi connectivity index (χ0v) is 11.4. The lowest BCUT2D eigenvalue weighted by Gasteiger charge is -2.23. The summed E-state index contributed by atoms with van der Waals surface area (Å²) in [6, 6.07) is 1.38. The summed E-state index contributed by atoms with van der Waals surface area (Å²) in [5.74, 6) is -0.461. The fourth-order valence-electron chi connectivity index (χ4n) is 1.67. The van der Waals surface area contributed by atoms with Crippen LogP contribution in [0.25, 0.3) is 0 Å². The topological polar surface area (TPSA) is 62.2 Å². The Morgan fingerprint density at radius 1 is 1.47 bits per heavy atom. The Balaban J connectivity index is 2.32. The van der Waals surface area contributed by atoms with Crippen molar-refractivity contribution in [2.75, 3.05) is 13.2 Å². The first-order valence-electron chi connectivity index (χ1n) is 6.40. The van der Waals surface area contributed by atoms with Crippen LogP contribution in [-0.2, 0) is 11.2 Å². The highest BCUT2D eigenvalue weighted by Crippen LogP contribution is 2.18. The Hall–Kier alpha value is -1.49. The van der Waals surface area contributed by atoms with Gasteiger partial charge in [-0.05, 0) is 29.9 Å². The number of amides is 1. The number of aliphatic hydroxyl groups is 1. The van der Waals surface area contributed by atoms with E-state index in [0.29, 0.717) is 31.4 Å². The van der Waals surface area contributed by atoms with Crippen LogP contribution in [0.4, 0.5) is 4.39 Å². The van der Waals surface area contributed by atoms with Crippen LogP contribution in [0.5, 0.6) is 0 Å². The molecule has 1 amide bonds. The molecule has 19 heavy (non-hydrogen) atoms. The number of aryl methyl sites for hydroxylation is 1. The molecule has 4 nitrogen and oxygen atoms in total. The van der Waals surface area contributed by atoms with E-state index in [1.807, 2.05) is 13.8 Å². The number of pyridine rings is 1. The molecule has 0 aliphatic heterocycles. The second kappa shape index (κ2) is 7.19. The monoisotopic (exact) mass is 268 g/mol. The summed E-state index contributed by atoms with van der Waals surface area (Å²) in [6.45, 7) is 4.60. The highest BCUT2D eigenvalue weighted by atomic mass is 19.1. The maximum Gasteiger partial charge on any atom is 0.220 e.